The normalized spacial score (nSPS) is 17.8. The zero-order valence-corrected chi connectivity index (χ0v) is 9.29. The first-order valence-electron chi connectivity index (χ1n) is 4.83. The largest absolute Gasteiger partial charge is 0.428 e. The Bertz CT molecular complexity index is 388. The van der Waals surface area contributed by atoms with E-state index in [1.54, 1.807) is 6.07 Å². The quantitative estimate of drug-likeness (QED) is 0.728. The third-order valence-corrected chi connectivity index (χ3v) is 2.84. The summed E-state index contributed by atoms with van der Waals surface area (Å²) in [4.78, 5) is 4.32. The molecule has 80 valence electrons. The van der Waals surface area contributed by atoms with Gasteiger partial charge < -0.3 is 14.2 Å². The molecule has 5 heteroatoms. The van der Waals surface area contributed by atoms with Gasteiger partial charge in [0.2, 0.25) is 11.6 Å². The maximum atomic E-state index is 8.69. The van der Waals surface area contributed by atoms with Crippen LogP contribution in [0, 0.1) is 11.3 Å². The molecule has 1 aliphatic heterocycles. The van der Waals surface area contributed by atoms with Gasteiger partial charge in [-0.05, 0) is 7.05 Å². The molecule has 1 aromatic heterocycles. The number of nitrogens with zero attached hydrogens (tertiary/aromatic N) is 3. The third-order valence-electron chi connectivity index (χ3n) is 2.57. The van der Waals surface area contributed by atoms with Gasteiger partial charge in [-0.1, -0.05) is 11.6 Å². The maximum Gasteiger partial charge on any atom is 0.216 e. The first kappa shape index (κ1) is 10.3. The van der Waals surface area contributed by atoms with E-state index in [1.807, 2.05) is 6.07 Å². The van der Waals surface area contributed by atoms with Crippen molar-refractivity contribution in [2.24, 2.45) is 0 Å². The van der Waals surface area contributed by atoms with E-state index in [9.17, 15) is 0 Å². The van der Waals surface area contributed by atoms with E-state index in [2.05, 4.69) is 16.8 Å². The Labute approximate surface area is 93.6 Å². The molecule has 1 aromatic rings. The number of nitriles is 1. The van der Waals surface area contributed by atoms with E-state index in [0.717, 1.165) is 26.2 Å². The van der Waals surface area contributed by atoms with Crippen LogP contribution in [-0.2, 0) is 0 Å². The molecular weight excluding hydrogens is 214 g/mol. The highest BCUT2D eigenvalue weighted by Crippen LogP contribution is 2.29. The summed E-state index contributed by atoms with van der Waals surface area (Å²) in [6.45, 7) is 3.74. The lowest BCUT2D eigenvalue weighted by atomic mass is 10.3. The van der Waals surface area contributed by atoms with E-state index < -0.39 is 0 Å². The van der Waals surface area contributed by atoms with Crippen molar-refractivity contribution in [1.29, 1.82) is 5.26 Å². The molecule has 2 rings (SSSR count). The van der Waals surface area contributed by atoms with E-state index in [4.69, 9.17) is 21.3 Å². The number of hydrogen-bond acceptors (Lipinski definition) is 4. The predicted octanol–water partition coefficient (Wildman–Crippen LogP) is 1.56. The van der Waals surface area contributed by atoms with Gasteiger partial charge in [-0.2, -0.15) is 5.26 Å². The molecule has 2 heterocycles. The number of rotatable bonds is 1. The number of halogens is 1. The predicted molar refractivity (Wildman–Crippen MR) is 58.1 cm³/mol. The second-order valence-electron chi connectivity index (χ2n) is 3.67. The molecule has 0 unspecified atom stereocenters. The first-order chi connectivity index (χ1) is 7.20. The Morgan fingerprint density at radius 1 is 1.40 bits per heavy atom. The summed E-state index contributed by atoms with van der Waals surface area (Å²) < 4.78 is 5.35. The molecule has 0 amide bonds. The van der Waals surface area contributed by atoms with E-state index in [0.29, 0.717) is 10.9 Å². The smallest absolute Gasteiger partial charge is 0.216 e. The van der Waals surface area contributed by atoms with Crippen molar-refractivity contribution in [3.63, 3.8) is 0 Å². The molecule has 0 atom stereocenters. The van der Waals surface area contributed by atoms with Gasteiger partial charge in [0, 0.05) is 32.2 Å². The minimum Gasteiger partial charge on any atom is -0.428 e. The second-order valence-corrected chi connectivity index (χ2v) is 4.07. The summed E-state index contributed by atoms with van der Waals surface area (Å²) in [5, 5.41) is 9.21. The Morgan fingerprint density at radius 3 is 2.60 bits per heavy atom. The lowest BCUT2D eigenvalue weighted by molar-refractivity contribution is 0.306. The molecular formula is C10H12ClN3O. The zero-order valence-electron chi connectivity index (χ0n) is 8.53. The van der Waals surface area contributed by atoms with Gasteiger partial charge >= 0.3 is 0 Å². The molecule has 1 saturated heterocycles. The van der Waals surface area contributed by atoms with E-state index in [-0.39, 0.29) is 5.76 Å². The van der Waals surface area contributed by atoms with Gasteiger partial charge in [-0.25, -0.2) is 0 Å². The van der Waals surface area contributed by atoms with Crippen LogP contribution in [0.25, 0.3) is 0 Å². The Balaban J connectivity index is 2.16. The standard InChI is InChI=1S/C10H12ClN3O/c1-13-2-4-14(5-3-13)10-9(11)6-8(7-12)15-10/h6H,2-5H2,1H3. The van der Waals surface area contributed by atoms with Crippen molar-refractivity contribution in [3.8, 4) is 6.07 Å². The molecule has 0 bridgehead atoms. The summed E-state index contributed by atoms with van der Waals surface area (Å²) in [6, 6.07) is 3.51. The monoisotopic (exact) mass is 225 g/mol. The highest BCUT2D eigenvalue weighted by Gasteiger charge is 2.20. The average molecular weight is 226 g/mol. The fourth-order valence-corrected chi connectivity index (χ4v) is 1.90. The zero-order chi connectivity index (χ0) is 10.8. The van der Waals surface area contributed by atoms with Gasteiger partial charge in [0.05, 0.1) is 0 Å². The summed E-state index contributed by atoms with van der Waals surface area (Å²) in [7, 11) is 2.09. The Hall–Kier alpha value is -1.18. The van der Waals surface area contributed by atoms with Gasteiger partial charge in [-0.3, -0.25) is 0 Å². The molecule has 1 aliphatic rings. The molecule has 1 fully saturated rings. The number of likely N-dealkylation sites (N-methyl/N-ethyl adjacent to an activating group) is 1. The maximum absolute atomic E-state index is 8.69. The molecule has 4 nitrogen and oxygen atoms in total. The van der Waals surface area contributed by atoms with Gasteiger partial charge in [0.1, 0.15) is 11.1 Å². The molecule has 15 heavy (non-hydrogen) atoms. The van der Waals surface area contributed by atoms with Crippen LogP contribution in [-0.4, -0.2) is 38.1 Å². The lowest BCUT2D eigenvalue weighted by Gasteiger charge is -2.32. The van der Waals surface area contributed by atoms with Crippen LogP contribution in [0.2, 0.25) is 5.02 Å². The van der Waals surface area contributed by atoms with Gasteiger partial charge in [-0.15, -0.1) is 0 Å². The molecule has 0 aliphatic carbocycles. The van der Waals surface area contributed by atoms with Crippen molar-refractivity contribution in [1.82, 2.24) is 4.90 Å². The second kappa shape index (κ2) is 4.13. The third kappa shape index (κ3) is 2.09. The Kier molecular flexibility index (Phi) is 2.85. The van der Waals surface area contributed by atoms with Crippen LogP contribution in [0.1, 0.15) is 5.76 Å². The molecule has 0 aromatic carbocycles. The van der Waals surface area contributed by atoms with Crippen molar-refractivity contribution in [3.05, 3.63) is 16.8 Å². The minimum absolute atomic E-state index is 0.272. The average Bonchev–Trinajstić information content (AvgIpc) is 2.61. The number of furan rings is 1. The van der Waals surface area contributed by atoms with Crippen LogP contribution >= 0.6 is 11.6 Å². The lowest BCUT2D eigenvalue weighted by Crippen LogP contribution is -2.44. The van der Waals surface area contributed by atoms with Gasteiger partial charge in [0.15, 0.2) is 0 Å². The number of anilines is 1. The summed E-state index contributed by atoms with van der Waals surface area (Å²) in [5.74, 6) is 0.898. The first-order valence-corrected chi connectivity index (χ1v) is 5.21. The van der Waals surface area contributed by atoms with Crippen LogP contribution in [0.15, 0.2) is 10.5 Å². The van der Waals surface area contributed by atoms with Gasteiger partial charge in [0.25, 0.3) is 0 Å². The molecule has 0 saturated carbocycles. The van der Waals surface area contributed by atoms with Crippen LogP contribution in [0.5, 0.6) is 0 Å². The van der Waals surface area contributed by atoms with Crippen molar-refractivity contribution >= 4 is 17.5 Å². The van der Waals surface area contributed by atoms with Crippen molar-refractivity contribution < 1.29 is 4.42 Å². The SMILES string of the molecule is CN1CCN(c2oc(C#N)cc2Cl)CC1. The summed E-state index contributed by atoms with van der Waals surface area (Å²) >= 11 is 5.99. The minimum atomic E-state index is 0.272. The van der Waals surface area contributed by atoms with Crippen LogP contribution in [0.4, 0.5) is 5.88 Å². The highest BCUT2D eigenvalue weighted by atomic mass is 35.5. The van der Waals surface area contributed by atoms with Crippen LogP contribution < -0.4 is 4.90 Å². The number of piperazine rings is 1. The van der Waals surface area contributed by atoms with Crippen molar-refractivity contribution in [2.75, 3.05) is 38.1 Å². The fourth-order valence-electron chi connectivity index (χ4n) is 1.64. The van der Waals surface area contributed by atoms with E-state index >= 15 is 0 Å². The topological polar surface area (TPSA) is 43.4 Å². The van der Waals surface area contributed by atoms with Crippen molar-refractivity contribution in [2.45, 2.75) is 0 Å². The fraction of sp³-hybridized carbons (Fsp3) is 0.500. The molecule has 0 N–H and O–H groups in total. The molecule has 0 radical (unpaired) electrons. The summed E-state index contributed by atoms with van der Waals surface area (Å²) in [6.07, 6.45) is 0. The highest BCUT2D eigenvalue weighted by molar-refractivity contribution is 6.33. The number of hydrogen-bond donors (Lipinski definition) is 0. The van der Waals surface area contributed by atoms with E-state index in [1.165, 1.54) is 0 Å². The van der Waals surface area contributed by atoms with Crippen LogP contribution in [0.3, 0.4) is 0 Å². The molecule has 0 spiro atoms. The summed E-state index contributed by atoms with van der Waals surface area (Å²) in [5.41, 5.74) is 0. The Morgan fingerprint density at radius 2 is 2.07 bits per heavy atom.